The third kappa shape index (κ3) is 2.99. The largest absolute Gasteiger partial charge is 0.468 e. The van der Waals surface area contributed by atoms with Crippen molar-refractivity contribution in [2.24, 2.45) is 0 Å². The van der Waals surface area contributed by atoms with Crippen LogP contribution in [0.5, 0.6) is 0 Å². The maximum absolute atomic E-state index is 12.1. The van der Waals surface area contributed by atoms with E-state index in [0.717, 1.165) is 11.8 Å². The van der Waals surface area contributed by atoms with Gasteiger partial charge in [0.15, 0.2) is 0 Å². The van der Waals surface area contributed by atoms with Crippen molar-refractivity contribution in [3.63, 3.8) is 0 Å². The second-order valence-corrected chi connectivity index (χ2v) is 4.57. The van der Waals surface area contributed by atoms with Crippen LogP contribution in [0.3, 0.4) is 0 Å². The molecule has 1 aromatic carbocycles. The Kier molecular flexibility index (Phi) is 4.40. The molecule has 0 radical (unpaired) electrons. The van der Waals surface area contributed by atoms with Crippen LogP contribution in [-0.2, 0) is 9.53 Å². The number of benzene rings is 1. The van der Waals surface area contributed by atoms with Crippen molar-refractivity contribution in [3.8, 4) is 0 Å². The van der Waals surface area contributed by atoms with Crippen molar-refractivity contribution in [3.05, 3.63) is 40.7 Å². The third-order valence-corrected chi connectivity index (χ3v) is 3.12. The second-order valence-electron chi connectivity index (χ2n) is 4.57. The average molecular weight is 274 g/mol. The number of carbonyl (C=O) groups excluding carboxylic acids is 1. The highest BCUT2D eigenvalue weighted by Gasteiger charge is 2.13. The minimum atomic E-state index is -0.326. The quantitative estimate of drug-likeness (QED) is 0.846. The lowest BCUT2D eigenvalue weighted by Gasteiger charge is -2.22. The van der Waals surface area contributed by atoms with Gasteiger partial charge in [0.25, 0.3) is 5.56 Å². The van der Waals surface area contributed by atoms with Gasteiger partial charge < -0.3 is 14.6 Å². The van der Waals surface area contributed by atoms with E-state index in [4.69, 9.17) is 4.74 Å². The van der Waals surface area contributed by atoms with Gasteiger partial charge >= 0.3 is 5.97 Å². The summed E-state index contributed by atoms with van der Waals surface area (Å²) in [6.07, 6.45) is 0.867. The zero-order chi connectivity index (χ0) is 14.5. The van der Waals surface area contributed by atoms with Crippen molar-refractivity contribution in [1.29, 1.82) is 0 Å². The van der Waals surface area contributed by atoms with Crippen molar-refractivity contribution in [2.75, 3.05) is 25.1 Å². The Hall–Kier alpha value is -2.30. The number of aromatic amines is 1. The molecule has 2 aromatic rings. The number of hydrogen-bond donors (Lipinski definition) is 1. The van der Waals surface area contributed by atoms with E-state index in [1.807, 2.05) is 36.1 Å². The molecule has 0 spiro atoms. The minimum absolute atomic E-state index is 0.124. The molecule has 0 unspecified atom stereocenters. The molecule has 0 saturated carbocycles. The molecule has 5 heteroatoms. The summed E-state index contributed by atoms with van der Waals surface area (Å²) in [5.41, 5.74) is -0.149. The molecule has 0 aliphatic carbocycles. The fraction of sp³-hybridized carbons (Fsp3) is 0.333. The third-order valence-electron chi connectivity index (χ3n) is 3.12. The highest BCUT2D eigenvalue weighted by molar-refractivity contribution is 5.84. The second kappa shape index (κ2) is 6.23. The van der Waals surface area contributed by atoms with E-state index in [0.29, 0.717) is 17.7 Å². The molecule has 106 valence electrons. The number of H-pyrrole nitrogens is 1. The molecule has 0 saturated heterocycles. The van der Waals surface area contributed by atoms with E-state index < -0.39 is 0 Å². The molecule has 1 aromatic heterocycles. The van der Waals surface area contributed by atoms with Crippen LogP contribution in [0.25, 0.3) is 10.8 Å². The summed E-state index contributed by atoms with van der Waals surface area (Å²) in [7, 11) is 1.36. The number of nitrogens with zero attached hydrogens (tertiary/aromatic N) is 1. The number of methoxy groups -OCH3 is 1. The Morgan fingerprint density at radius 3 is 2.80 bits per heavy atom. The number of ether oxygens (including phenoxy) is 1. The lowest BCUT2D eigenvalue weighted by molar-refractivity contribution is -0.138. The van der Waals surface area contributed by atoms with Gasteiger partial charge in [-0.2, -0.15) is 0 Å². The van der Waals surface area contributed by atoms with Gasteiger partial charge in [0, 0.05) is 11.9 Å². The van der Waals surface area contributed by atoms with Crippen LogP contribution < -0.4 is 10.5 Å². The normalized spacial score (nSPS) is 10.5. The molecule has 0 fully saturated rings. The van der Waals surface area contributed by atoms with E-state index in [1.54, 1.807) is 6.07 Å². The van der Waals surface area contributed by atoms with Crippen LogP contribution in [-0.4, -0.2) is 31.2 Å². The Balaban J connectivity index is 2.42. The van der Waals surface area contributed by atoms with E-state index >= 15 is 0 Å². The smallest absolute Gasteiger partial charge is 0.325 e. The van der Waals surface area contributed by atoms with Crippen LogP contribution in [0, 0.1) is 0 Å². The molecule has 2 rings (SSSR count). The molecule has 5 nitrogen and oxygen atoms in total. The van der Waals surface area contributed by atoms with Gasteiger partial charge in [-0.3, -0.25) is 9.59 Å². The summed E-state index contributed by atoms with van der Waals surface area (Å²) < 4.78 is 4.69. The lowest BCUT2D eigenvalue weighted by atomic mass is 10.1. The number of pyridine rings is 1. The summed E-state index contributed by atoms with van der Waals surface area (Å²) in [6.45, 7) is 2.81. The summed E-state index contributed by atoms with van der Waals surface area (Å²) in [4.78, 5) is 28.2. The fourth-order valence-corrected chi connectivity index (χ4v) is 2.14. The fourth-order valence-electron chi connectivity index (χ4n) is 2.14. The van der Waals surface area contributed by atoms with E-state index in [9.17, 15) is 9.59 Å². The first-order chi connectivity index (χ1) is 9.65. The minimum Gasteiger partial charge on any atom is -0.468 e. The van der Waals surface area contributed by atoms with Crippen LogP contribution in [0.2, 0.25) is 0 Å². The number of nitrogens with one attached hydrogen (secondary N) is 1. The van der Waals surface area contributed by atoms with Crippen LogP contribution >= 0.6 is 0 Å². The van der Waals surface area contributed by atoms with Gasteiger partial charge in [0.1, 0.15) is 12.4 Å². The summed E-state index contributed by atoms with van der Waals surface area (Å²) in [6, 6.07) is 9.26. The van der Waals surface area contributed by atoms with E-state index in [1.165, 1.54) is 7.11 Å². The number of carbonyl (C=O) groups is 1. The molecule has 1 heterocycles. The number of hydrogen-bond acceptors (Lipinski definition) is 4. The van der Waals surface area contributed by atoms with Crippen molar-refractivity contribution >= 4 is 22.6 Å². The molecule has 0 aliphatic heterocycles. The molecule has 0 amide bonds. The molecule has 20 heavy (non-hydrogen) atoms. The number of rotatable bonds is 5. The van der Waals surface area contributed by atoms with E-state index in [-0.39, 0.29) is 18.1 Å². The SMILES string of the molecule is CCCN(CC(=O)OC)c1cc2ccccc2c(=O)[nH]1. The maximum Gasteiger partial charge on any atom is 0.325 e. The van der Waals surface area contributed by atoms with Crippen LogP contribution in [0.4, 0.5) is 5.82 Å². The van der Waals surface area contributed by atoms with Crippen molar-refractivity contribution < 1.29 is 9.53 Å². The molecule has 0 bridgehead atoms. The first-order valence-electron chi connectivity index (χ1n) is 6.59. The van der Waals surface area contributed by atoms with Gasteiger partial charge in [-0.05, 0) is 23.9 Å². The lowest BCUT2D eigenvalue weighted by Crippen LogP contribution is -2.33. The first kappa shape index (κ1) is 14.1. The number of fused-ring (bicyclic) bond motifs is 1. The molecule has 0 aliphatic rings. The number of anilines is 1. The summed E-state index contributed by atoms with van der Waals surface area (Å²) in [5.74, 6) is 0.313. The highest BCUT2D eigenvalue weighted by Crippen LogP contribution is 2.16. The summed E-state index contributed by atoms with van der Waals surface area (Å²) >= 11 is 0. The van der Waals surface area contributed by atoms with Crippen LogP contribution in [0.1, 0.15) is 13.3 Å². The summed E-state index contributed by atoms with van der Waals surface area (Å²) in [5, 5.41) is 1.50. The highest BCUT2D eigenvalue weighted by atomic mass is 16.5. The topological polar surface area (TPSA) is 62.4 Å². The standard InChI is InChI=1S/C15H18N2O3/c1-3-8-17(10-14(18)20-2)13-9-11-6-4-5-7-12(11)15(19)16-13/h4-7,9H,3,8,10H2,1-2H3,(H,16,19). The van der Waals surface area contributed by atoms with Gasteiger partial charge in [-0.1, -0.05) is 25.1 Å². The monoisotopic (exact) mass is 274 g/mol. The first-order valence-corrected chi connectivity index (χ1v) is 6.59. The Labute approximate surface area is 117 Å². The molecule has 1 N–H and O–H groups in total. The van der Waals surface area contributed by atoms with Gasteiger partial charge in [0.2, 0.25) is 0 Å². The molecular weight excluding hydrogens is 256 g/mol. The zero-order valence-corrected chi connectivity index (χ0v) is 11.7. The van der Waals surface area contributed by atoms with Crippen LogP contribution in [0.15, 0.2) is 35.1 Å². The predicted molar refractivity (Wildman–Crippen MR) is 79.1 cm³/mol. The van der Waals surface area contributed by atoms with Gasteiger partial charge in [0.05, 0.1) is 7.11 Å². The van der Waals surface area contributed by atoms with Gasteiger partial charge in [-0.15, -0.1) is 0 Å². The zero-order valence-electron chi connectivity index (χ0n) is 11.7. The Morgan fingerprint density at radius 2 is 2.10 bits per heavy atom. The number of esters is 1. The Morgan fingerprint density at radius 1 is 1.35 bits per heavy atom. The molecule has 0 atom stereocenters. The average Bonchev–Trinajstić information content (AvgIpc) is 2.46. The van der Waals surface area contributed by atoms with E-state index in [2.05, 4.69) is 4.98 Å². The maximum atomic E-state index is 12.1. The number of aromatic nitrogens is 1. The van der Waals surface area contributed by atoms with Crippen molar-refractivity contribution in [1.82, 2.24) is 4.98 Å². The van der Waals surface area contributed by atoms with Crippen molar-refractivity contribution in [2.45, 2.75) is 13.3 Å². The Bertz CT molecular complexity index is 663. The predicted octanol–water partition coefficient (Wildman–Crippen LogP) is 1.92. The molecular formula is C15H18N2O3. The van der Waals surface area contributed by atoms with Gasteiger partial charge in [-0.25, -0.2) is 0 Å².